The molecule has 0 saturated carbocycles. The van der Waals surface area contributed by atoms with Gasteiger partial charge in [-0.2, -0.15) is 12.7 Å². The second kappa shape index (κ2) is 8.02. The van der Waals surface area contributed by atoms with Crippen molar-refractivity contribution in [2.24, 2.45) is 11.8 Å². The Hall–Kier alpha value is -0.170. The summed E-state index contributed by atoms with van der Waals surface area (Å²) in [5.41, 5.74) is 0. The molecule has 0 rings (SSSR count). The summed E-state index contributed by atoms with van der Waals surface area (Å²) in [6.45, 7) is 8.09. The quantitative estimate of drug-likeness (QED) is 0.602. The first-order valence-electron chi connectivity index (χ1n) is 6.16. The topological polar surface area (TPSA) is 61.4 Å². The highest BCUT2D eigenvalue weighted by Crippen LogP contribution is 2.08. The summed E-state index contributed by atoms with van der Waals surface area (Å²) in [5, 5.41) is 3.00. The number of rotatable bonds is 9. The molecular formula is C11H27N3O2S. The van der Waals surface area contributed by atoms with Gasteiger partial charge < -0.3 is 5.32 Å². The van der Waals surface area contributed by atoms with Gasteiger partial charge in [-0.15, -0.1) is 0 Å². The highest BCUT2D eigenvalue weighted by Gasteiger charge is 2.18. The van der Waals surface area contributed by atoms with Crippen LogP contribution in [0, 0.1) is 11.8 Å². The molecule has 0 aromatic carbocycles. The molecule has 6 heteroatoms. The third kappa shape index (κ3) is 6.98. The van der Waals surface area contributed by atoms with E-state index in [9.17, 15) is 8.42 Å². The molecular weight excluding hydrogens is 238 g/mol. The number of hydrogen-bond donors (Lipinski definition) is 2. The maximum Gasteiger partial charge on any atom is 0.279 e. The van der Waals surface area contributed by atoms with Gasteiger partial charge >= 0.3 is 0 Å². The fourth-order valence-corrected chi connectivity index (χ4v) is 2.24. The minimum Gasteiger partial charge on any atom is -0.320 e. The first-order chi connectivity index (χ1) is 7.81. The molecule has 0 radical (unpaired) electrons. The van der Waals surface area contributed by atoms with Crippen molar-refractivity contribution in [3.8, 4) is 0 Å². The first-order valence-corrected chi connectivity index (χ1v) is 7.60. The van der Waals surface area contributed by atoms with Gasteiger partial charge in [0, 0.05) is 20.1 Å². The van der Waals surface area contributed by atoms with E-state index in [0.717, 1.165) is 13.0 Å². The maximum absolute atomic E-state index is 11.8. The SMILES string of the molecule is CNCCCN(C)S(=O)(=O)NCC(C)C(C)C. The van der Waals surface area contributed by atoms with Crippen LogP contribution < -0.4 is 10.0 Å². The molecule has 0 aliphatic rings. The summed E-state index contributed by atoms with van der Waals surface area (Å²) in [6.07, 6.45) is 0.813. The Morgan fingerprint density at radius 2 is 1.82 bits per heavy atom. The van der Waals surface area contributed by atoms with Gasteiger partial charge in [0.2, 0.25) is 0 Å². The van der Waals surface area contributed by atoms with E-state index in [1.807, 2.05) is 14.0 Å². The van der Waals surface area contributed by atoms with Crippen LogP contribution in [0.4, 0.5) is 0 Å². The van der Waals surface area contributed by atoms with Gasteiger partial charge in [0.15, 0.2) is 0 Å². The van der Waals surface area contributed by atoms with Gasteiger partial charge in [-0.05, 0) is 31.8 Å². The third-order valence-electron chi connectivity index (χ3n) is 3.04. The van der Waals surface area contributed by atoms with Crippen LogP contribution in [0.1, 0.15) is 27.2 Å². The first kappa shape index (κ1) is 16.8. The fourth-order valence-electron chi connectivity index (χ4n) is 1.18. The summed E-state index contributed by atoms with van der Waals surface area (Å²) in [4.78, 5) is 0. The lowest BCUT2D eigenvalue weighted by atomic mass is 9.99. The lowest BCUT2D eigenvalue weighted by Gasteiger charge is -2.21. The van der Waals surface area contributed by atoms with Crippen molar-refractivity contribution in [1.29, 1.82) is 0 Å². The van der Waals surface area contributed by atoms with Crippen LogP contribution in [-0.4, -0.2) is 46.5 Å². The van der Waals surface area contributed by atoms with Gasteiger partial charge in [-0.25, -0.2) is 4.72 Å². The van der Waals surface area contributed by atoms with E-state index < -0.39 is 10.2 Å². The van der Waals surface area contributed by atoms with E-state index in [2.05, 4.69) is 23.9 Å². The molecule has 1 atom stereocenters. The van der Waals surface area contributed by atoms with Crippen molar-refractivity contribution in [2.45, 2.75) is 27.2 Å². The molecule has 0 fully saturated rings. The van der Waals surface area contributed by atoms with E-state index >= 15 is 0 Å². The molecule has 0 amide bonds. The summed E-state index contributed by atoms with van der Waals surface area (Å²) in [5.74, 6) is 0.822. The summed E-state index contributed by atoms with van der Waals surface area (Å²) in [6, 6.07) is 0. The van der Waals surface area contributed by atoms with Crippen molar-refractivity contribution in [1.82, 2.24) is 14.3 Å². The monoisotopic (exact) mass is 265 g/mol. The van der Waals surface area contributed by atoms with Crippen LogP contribution in [0.15, 0.2) is 0 Å². The predicted octanol–water partition coefficient (Wildman–Crippen LogP) is 0.654. The zero-order valence-electron chi connectivity index (χ0n) is 11.7. The van der Waals surface area contributed by atoms with Gasteiger partial charge in [0.05, 0.1) is 0 Å². The maximum atomic E-state index is 11.8. The van der Waals surface area contributed by atoms with E-state index in [4.69, 9.17) is 0 Å². The van der Waals surface area contributed by atoms with Crippen molar-refractivity contribution < 1.29 is 8.42 Å². The van der Waals surface area contributed by atoms with Crippen LogP contribution in [-0.2, 0) is 10.2 Å². The Balaban J connectivity index is 4.09. The molecule has 5 nitrogen and oxygen atoms in total. The largest absolute Gasteiger partial charge is 0.320 e. The van der Waals surface area contributed by atoms with Crippen LogP contribution in [0.3, 0.4) is 0 Å². The molecule has 0 heterocycles. The van der Waals surface area contributed by atoms with Crippen LogP contribution in [0.5, 0.6) is 0 Å². The van der Waals surface area contributed by atoms with E-state index in [1.165, 1.54) is 4.31 Å². The summed E-state index contributed by atoms with van der Waals surface area (Å²) in [7, 11) is 0.154. The molecule has 0 spiro atoms. The Labute approximate surface area is 106 Å². The lowest BCUT2D eigenvalue weighted by molar-refractivity contribution is 0.399. The Morgan fingerprint density at radius 1 is 1.24 bits per heavy atom. The molecule has 104 valence electrons. The second-order valence-corrected chi connectivity index (χ2v) is 6.72. The number of hydrogen-bond acceptors (Lipinski definition) is 3. The van der Waals surface area contributed by atoms with Crippen molar-refractivity contribution in [2.75, 3.05) is 33.7 Å². The van der Waals surface area contributed by atoms with Gasteiger partial charge in [-0.3, -0.25) is 0 Å². The molecule has 2 N–H and O–H groups in total. The van der Waals surface area contributed by atoms with Gasteiger partial charge in [0.1, 0.15) is 0 Å². The minimum atomic E-state index is -3.31. The molecule has 0 aliphatic carbocycles. The zero-order chi connectivity index (χ0) is 13.5. The third-order valence-corrected chi connectivity index (χ3v) is 4.57. The molecule has 17 heavy (non-hydrogen) atoms. The molecule has 0 aliphatic heterocycles. The zero-order valence-corrected chi connectivity index (χ0v) is 12.5. The average molecular weight is 265 g/mol. The Morgan fingerprint density at radius 3 is 2.29 bits per heavy atom. The molecule has 0 aromatic rings. The molecule has 0 saturated heterocycles. The Kier molecular flexibility index (Phi) is 7.94. The summed E-state index contributed by atoms with van der Waals surface area (Å²) < 4.78 is 27.7. The second-order valence-electron chi connectivity index (χ2n) is 4.85. The van der Waals surface area contributed by atoms with Crippen molar-refractivity contribution in [3.05, 3.63) is 0 Å². The summed E-state index contributed by atoms with van der Waals surface area (Å²) >= 11 is 0. The molecule has 0 bridgehead atoms. The van der Waals surface area contributed by atoms with Crippen molar-refractivity contribution in [3.63, 3.8) is 0 Å². The number of nitrogens with one attached hydrogen (secondary N) is 2. The standard InChI is InChI=1S/C11H27N3O2S/c1-10(2)11(3)9-13-17(15,16)14(5)8-6-7-12-4/h10-13H,6-9H2,1-5H3. The Bertz CT molecular complexity index is 291. The lowest BCUT2D eigenvalue weighted by Crippen LogP contribution is -2.41. The smallest absolute Gasteiger partial charge is 0.279 e. The van der Waals surface area contributed by atoms with Crippen LogP contribution in [0.2, 0.25) is 0 Å². The normalized spacial score (nSPS) is 14.5. The van der Waals surface area contributed by atoms with E-state index in [-0.39, 0.29) is 0 Å². The van der Waals surface area contributed by atoms with Crippen LogP contribution >= 0.6 is 0 Å². The molecule has 0 aromatic heterocycles. The van der Waals surface area contributed by atoms with E-state index in [0.29, 0.717) is 24.9 Å². The van der Waals surface area contributed by atoms with Gasteiger partial charge in [0.25, 0.3) is 10.2 Å². The highest BCUT2D eigenvalue weighted by atomic mass is 32.2. The van der Waals surface area contributed by atoms with Gasteiger partial charge in [-0.1, -0.05) is 20.8 Å². The van der Waals surface area contributed by atoms with Crippen molar-refractivity contribution >= 4 is 10.2 Å². The minimum absolute atomic E-state index is 0.343. The molecule has 1 unspecified atom stereocenters. The predicted molar refractivity (Wildman–Crippen MR) is 72.1 cm³/mol. The highest BCUT2D eigenvalue weighted by molar-refractivity contribution is 7.87. The van der Waals surface area contributed by atoms with Crippen LogP contribution in [0.25, 0.3) is 0 Å². The fraction of sp³-hybridized carbons (Fsp3) is 1.00. The number of nitrogens with zero attached hydrogens (tertiary/aromatic N) is 1. The average Bonchev–Trinajstić information content (AvgIpc) is 2.25. The van der Waals surface area contributed by atoms with E-state index in [1.54, 1.807) is 7.05 Å².